The van der Waals surface area contributed by atoms with Crippen LogP contribution in [0.4, 0.5) is 0 Å². The molecular formula is C16H19Cl2OTi. The Morgan fingerprint density at radius 2 is 1.75 bits per heavy atom. The Hall–Kier alpha value is -0.0457. The monoisotopic (exact) mass is 345 g/mol. The Kier molecular flexibility index (Phi) is 8.39. The molecule has 0 aromatic heterocycles. The molecule has 0 N–H and O–H groups in total. The first-order chi connectivity index (χ1) is 8.54. The van der Waals surface area contributed by atoms with Gasteiger partial charge in [-0.15, -0.1) is 0 Å². The molecule has 1 nitrogen and oxygen atoms in total. The van der Waals surface area contributed by atoms with Gasteiger partial charge in [-0.2, -0.15) is 0 Å². The fourth-order valence-electron chi connectivity index (χ4n) is 2.47. The molecule has 1 aromatic rings. The molecule has 4 heteroatoms. The minimum atomic E-state index is -0.341. The van der Waals surface area contributed by atoms with Gasteiger partial charge in [0.25, 0.3) is 0 Å². The van der Waals surface area contributed by atoms with E-state index in [1.807, 2.05) is 6.07 Å². The van der Waals surface area contributed by atoms with E-state index in [1.165, 1.54) is 15.0 Å². The Labute approximate surface area is 146 Å². The summed E-state index contributed by atoms with van der Waals surface area (Å²) in [6, 6.07) is 10.5. The molecule has 0 heterocycles. The van der Waals surface area contributed by atoms with Crippen molar-refractivity contribution in [3.8, 4) is 0 Å². The van der Waals surface area contributed by atoms with Gasteiger partial charge in [0.15, 0.2) is 0 Å². The molecule has 0 radical (unpaired) electrons. The molecule has 107 valence electrons. The molecule has 0 amide bonds. The third kappa shape index (κ3) is 4.22. The Bertz CT molecular complexity index is 483. The van der Waals surface area contributed by atoms with Crippen molar-refractivity contribution in [3.05, 3.63) is 57.5 Å². The normalized spacial score (nSPS) is 16.7. The number of allylic oxidation sites excluding steroid dienone is 2. The second kappa shape index (κ2) is 8.41. The maximum absolute atomic E-state index is 6.27. The van der Waals surface area contributed by atoms with Crippen molar-refractivity contribution in [2.24, 2.45) is 0 Å². The van der Waals surface area contributed by atoms with Crippen LogP contribution in [0.2, 0.25) is 0 Å². The summed E-state index contributed by atoms with van der Waals surface area (Å²) in [5.74, 6) is 0. The summed E-state index contributed by atoms with van der Waals surface area (Å²) < 4.78 is 7.67. The Morgan fingerprint density at radius 3 is 2.20 bits per heavy atom. The van der Waals surface area contributed by atoms with Crippen molar-refractivity contribution in [1.82, 2.24) is 0 Å². The Balaban J connectivity index is 0.00000180. The molecule has 20 heavy (non-hydrogen) atoms. The molecular weight excluding hydrogens is 327 g/mol. The van der Waals surface area contributed by atoms with E-state index >= 15 is 0 Å². The van der Waals surface area contributed by atoms with Crippen LogP contribution < -0.4 is 24.8 Å². The average molecular weight is 346 g/mol. The van der Waals surface area contributed by atoms with Crippen molar-refractivity contribution >= 4 is 0 Å². The van der Waals surface area contributed by atoms with Gasteiger partial charge in [-0.05, 0) is 0 Å². The van der Waals surface area contributed by atoms with Crippen molar-refractivity contribution in [2.45, 2.75) is 38.9 Å². The number of benzene rings is 1. The third-order valence-corrected chi connectivity index (χ3v) is 3.98. The van der Waals surface area contributed by atoms with Gasteiger partial charge in [0.05, 0.1) is 0 Å². The molecule has 0 saturated heterocycles. The van der Waals surface area contributed by atoms with E-state index in [4.69, 9.17) is 4.74 Å². The van der Waals surface area contributed by atoms with Crippen molar-refractivity contribution in [2.75, 3.05) is 0 Å². The van der Waals surface area contributed by atoms with Crippen molar-refractivity contribution in [1.29, 1.82) is 0 Å². The molecule has 0 spiro atoms. The zero-order valence-electron chi connectivity index (χ0n) is 12.0. The van der Waals surface area contributed by atoms with Crippen LogP contribution in [0.15, 0.2) is 51.9 Å². The van der Waals surface area contributed by atoms with E-state index in [-0.39, 0.29) is 36.5 Å². The summed E-state index contributed by atoms with van der Waals surface area (Å²) in [6.45, 7) is 6.36. The van der Waals surface area contributed by atoms with Crippen LogP contribution in [0.25, 0.3) is 0 Å². The largest absolute Gasteiger partial charge is 1.00 e. The summed E-state index contributed by atoms with van der Waals surface area (Å²) >= 11 is 2.19. The van der Waals surface area contributed by atoms with Gasteiger partial charge in [-0.25, -0.2) is 0 Å². The van der Waals surface area contributed by atoms with Crippen LogP contribution in [0.3, 0.4) is 0 Å². The number of hydrogen-bond acceptors (Lipinski definition) is 1. The van der Waals surface area contributed by atoms with Gasteiger partial charge in [-0.1, -0.05) is 0 Å². The van der Waals surface area contributed by atoms with Crippen LogP contribution in [0.5, 0.6) is 0 Å². The topological polar surface area (TPSA) is 9.23 Å². The number of hydrogen-bond donors (Lipinski definition) is 0. The minimum Gasteiger partial charge on any atom is -1.00 e. The van der Waals surface area contributed by atoms with Crippen LogP contribution >= 0.6 is 0 Å². The van der Waals surface area contributed by atoms with Crippen LogP contribution in [0, 0.1) is 0 Å². The van der Waals surface area contributed by atoms with Gasteiger partial charge >= 0.3 is 122 Å². The predicted molar refractivity (Wildman–Crippen MR) is 70.8 cm³/mol. The summed E-state index contributed by atoms with van der Waals surface area (Å²) in [7, 11) is 0. The molecule has 0 bridgehead atoms. The summed E-state index contributed by atoms with van der Waals surface area (Å²) in [5.41, 5.74) is 2.19. The average Bonchev–Trinajstić information content (AvgIpc) is 2.76. The SMILES string of the molecule is CC(C)OC(C)(C1=[C]([Ti+2])CC=C1)c1ccccc1.[Cl-].[Cl-]. The maximum Gasteiger partial charge on any atom is -1.00 e. The van der Waals surface area contributed by atoms with Crippen molar-refractivity contribution < 1.29 is 50.0 Å². The Morgan fingerprint density at radius 1 is 1.15 bits per heavy atom. The zero-order valence-corrected chi connectivity index (χ0v) is 15.1. The number of halogens is 2. The van der Waals surface area contributed by atoms with Gasteiger partial charge in [0, 0.05) is 0 Å². The van der Waals surface area contributed by atoms with Gasteiger partial charge in [0.2, 0.25) is 0 Å². The molecule has 2 rings (SSSR count). The smallest absolute Gasteiger partial charge is 1.00 e. The summed E-state index contributed by atoms with van der Waals surface area (Å²) in [5, 5.41) is 0. The van der Waals surface area contributed by atoms with Gasteiger partial charge < -0.3 is 24.8 Å². The maximum atomic E-state index is 6.27. The minimum absolute atomic E-state index is 0. The molecule has 1 aromatic carbocycles. The molecule has 1 atom stereocenters. The number of rotatable bonds is 4. The number of ether oxygens (including phenoxy) is 1. The molecule has 1 unspecified atom stereocenters. The first-order valence-electron chi connectivity index (χ1n) is 6.39. The fourth-order valence-corrected chi connectivity index (χ4v) is 3.15. The molecule has 0 fully saturated rings. The zero-order chi connectivity index (χ0) is 13.2. The quantitative estimate of drug-likeness (QED) is 0.579. The van der Waals surface area contributed by atoms with E-state index in [9.17, 15) is 0 Å². The van der Waals surface area contributed by atoms with E-state index in [1.54, 1.807) is 0 Å². The second-order valence-corrected chi connectivity index (χ2v) is 6.01. The van der Waals surface area contributed by atoms with Crippen molar-refractivity contribution in [3.63, 3.8) is 0 Å². The first-order valence-corrected chi connectivity index (χ1v) is 7.17. The van der Waals surface area contributed by atoms with Gasteiger partial charge in [-0.3, -0.25) is 0 Å². The predicted octanol–water partition coefficient (Wildman–Crippen LogP) is -1.90. The summed E-state index contributed by atoms with van der Waals surface area (Å²) in [6.07, 6.45) is 5.67. The molecule has 1 aliphatic carbocycles. The molecule has 0 aliphatic heterocycles. The second-order valence-electron chi connectivity index (χ2n) is 5.06. The van der Waals surface area contributed by atoms with E-state index in [0.717, 1.165) is 6.42 Å². The van der Waals surface area contributed by atoms with E-state index < -0.39 is 0 Å². The van der Waals surface area contributed by atoms with E-state index in [0.29, 0.717) is 0 Å². The van der Waals surface area contributed by atoms with Crippen LogP contribution in [-0.2, 0) is 30.8 Å². The summed E-state index contributed by atoms with van der Waals surface area (Å²) in [4.78, 5) is 0. The van der Waals surface area contributed by atoms with Gasteiger partial charge in [0.1, 0.15) is 0 Å². The van der Waals surface area contributed by atoms with E-state index in [2.05, 4.69) is 77.6 Å². The molecule has 1 aliphatic rings. The van der Waals surface area contributed by atoms with Crippen LogP contribution in [-0.4, -0.2) is 6.10 Å². The molecule has 0 saturated carbocycles. The fraction of sp³-hybridized carbons (Fsp3) is 0.375. The first kappa shape index (κ1) is 20.0. The van der Waals surface area contributed by atoms with Crippen LogP contribution in [0.1, 0.15) is 32.8 Å². The third-order valence-electron chi connectivity index (χ3n) is 3.24. The standard InChI is InChI=1S/C16H19O.2ClH.Ti/c1-13(2)17-16(3,15-11-7-8-12-15)14-9-5-4-6-10-14;;;/h4-7,9-11,13H,8H2,1-3H3;2*1H;/q;;;+2/p-2.